The van der Waals surface area contributed by atoms with Crippen molar-refractivity contribution in [2.75, 3.05) is 32.1 Å². The maximum absolute atomic E-state index is 13.6. The van der Waals surface area contributed by atoms with E-state index in [-0.39, 0.29) is 17.1 Å². The number of amides is 1. The van der Waals surface area contributed by atoms with Crippen molar-refractivity contribution in [2.24, 2.45) is 0 Å². The highest BCUT2D eigenvalue weighted by atomic mass is 32.1. The average Bonchev–Trinajstić information content (AvgIpc) is 3.06. The molecule has 0 saturated carbocycles. The molecule has 1 amide bonds. The summed E-state index contributed by atoms with van der Waals surface area (Å²) in [5.74, 6) is -0.363. The summed E-state index contributed by atoms with van der Waals surface area (Å²) in [5.41, 5.74) is 2.57. The Hall–Kier alpha value is -2.31. The summed E-state index contributed by atoms with van der Waals surface area (Å²) < 4.78 is 14.3. The van der Waals surface area contributed by atoms with E-state index in [1.165, 1.54) is 33.9 Å². The Morgan fingerprint density at radius 1 is 1.14 bits per heavy atom. The van der Waals surface area contributed by atoms with Crippen LogP contribution in [-0.4, -0.2) is 38.1 Å². The zero-order chi connectivity index (χ0) is 21.2. The van der Waals surface area contributed by atoms with E-state index < -0.39 is 0 Å². The molecule has 0 aliphatic heterocycles. The molecular weight excluding hydrogens is 385 g/mol. The molecule has 0 saturated heterocycles. The van der Waals surface area contributed by atoms with Gasteiger partial charge in [-0.3, -0.25) is 9.69 Å². The lowest BCUT2D eigenvalue weighted by Gasteiger charge is -2.22. The number of hydrogen-bond acceptors (Lipinski definition) is 3. The number of thiazole rings is 1. The zero-order valence-electron chi connectivity index (χ0n) is 17.8. The van der Waals surface area contributed by atoms with Crippen molar-refractivity contribution in [2.45, 2.75) is 32.6 Å². The number of halogens is 1. The predicted molar refractivity (Wildman–Crippen MR) is 119 cm³/mol. The number of carbonyl (C=O) groups excluding carboxylic acids is 1. The first-order valence-electron chi connectivity index (χ1n) is 9.92. The molecule has 0 spiro atoms. The highest BCUT2D eigenvalue weighted by molar-refractivity contribution is 7.22. The van der Waals surface area contributed by atoms with Crippen LogP contribution < -0.4 is 9.80 Å². The Labute approximate surface area is 176 Å². The van der Waals surface area contributed by atoms with Crippen LogP contribution in [0.25, 0.3) is 10.2 Å². The molecule has 6 heteroatoms. The SMILES string of the molecule is C[NH+](C)CCCN(C(=O)c1ccc(C(C)(C)C)cc1)c1nc2ccc(F)cc2s1. The lowest BCUT2D eigenvalue weighted by Crippen LogP contribution is -3.05. The van der Waals surface area contributed by atoms with Gasteiger partial charge in [-0.2, -0.15) is 0 Å². The molecule has 0 fully saturated rings. The summed E-state index contributed by atoms with van der Waals surface area (Å²) in [4.78, 5) is 21.0. The first-order valence-corrected chi connectivity index (χ1v) is 10.7. The largest absolute Gasteiger partial charge is 0.340 e. The Kier molecular flexibility index (Phi) is 6.34. The molecule has 1 heterocycles. The van der Waals surface area contributed by atoms with Crippen LogP contribution in [0.1, 0.15) is 43.1 Å². The van der Waals surface area contributed by atoms with Gasteiger partial charge in [0, 0.05) is 18.5 Å². The third-order valence-corrected chi connectivity index (χ3v) is 5.91. The summed E-state index contributed by atoms with van der Waals surface area (Å²) >= 11 is 1.36. The maximum Gasteiger partial charge on any atom is 0.260 e. The summed E-state index contributed by atoms with van der Waals surface area (Å²) in [5, 5.41) is 0.615. The van der Waals surface area contributed by atoms with Crippen LogP contribution in [0.2, 0.25) is 0 Å². The highest BCUT2D eigenvalue weighted by Crippen LogP contribution is 2.31. The molecule has 0 aliphatic rings. The molecule has 1 N–H and O–H groups in total. The topological polar surface area (TPSA) is 37.6 Å². The second kappa shape index (κ2) is 8.59. The van der Waals surface area contributed by atoms with Crippen molar-refractivity contribution < 1.29 is 14.1 Å². The highest BCUT2D eigenvalue weighted by Gasteiger charge is 2.22. The number of fused-ring (bicyclic) bond motifs is 1. The first kappa shape index (κ1) is 21.4. The molecule has 0 radical (unpaired) electrons. The van der Waals surface area contributed by atoms with Crippen molar-refractivity contribution in [3.63, 3.8) is 0 Å². The van der Waals surface area contributed by atoms with Crippen molar-refractivity contribution in [1.82, 2.24) is 4.98 Å². The van der Waals surface area contributed by atoms with Crippen molar-refractivity contribution in [3.8, 4) is 0 Å². The molecule has 3 aromatic rings. The number of benzene rings is 2. The third-order valence-electron chi connectivity index (χ3n) is 4.87. The maximum atomic E-state index is 13.6. The fraction of sp³-hybridized carbons (Fsp3) is 0.391. The van der Waals surface area contributed by atoms with Gasteiger partial charge in [-0.05, 0) is 41.3 Å². The van der Waals surface area contributed by atoms with Gasteiger partial charge in [-0.1, -0.05) is 44.2 Å². The number of anilines is 1. The normalized spacial score (nSPS) is 12.0. The Balaban J connectivity index is 1.92. The predicted octanol–water partition coefficient (Wildman–Crippen LogP) is 3.91. The second-order valence-electron chi connectivity index (χ2n) is 8.70. The Bertz CT molecular complexity index is 990. The van der Waals surface area contributed by atoms with E-state index in [0.29, 0.717) is 22.8 Å². The number of hydrogen-bond donors (Lipinski definition) is 1. The number of carbonyl (C=O) groups is 1. The van der Waals surface area contributed by atoms with E-state index >= 15 is 0 Å². The molecule has 1 aromatic heterocycles. The van der Waals surface area contributed by atoms with Gasteiger partial charge in [0.2, 0.25) is 0 Å². The van der Waals surface area contributed by atoms with Gasteiger partial charge in [-0.15, -0.1) is 0 Å². The summed E-state index contributed by atoms with van der Waals surface area (Å²) in [6.07, 6.45) is 0.860. The number of quaternary nitrogens is 1. The quantitative estimate of drug-likeness (QED) is 0.664. The number of aromatic nitrogens is 1. The van der Waals surface area contributed by atoms with Crippen LogP contribution in [0, 0.1) is 5.82 Å². The van der Waals surface area contributed by atoms with Crippen LogP contribution >= 0.6 is 11.3 Å². The fourth-order valence-electron chi connectivity index (χ4n) is 3.15. The molecule has 3 rings (SSSR count). The molecule has 29 heavy (non-hydrogen) atoms. The average molecular weight is 415 g/mol. The van der Waals surface area contributed by atoms with Crippen LogP contribution in [0.5, 0.6) is 0 Å². The van der Waals surface area contributed by atoms with Crippen LogP contribution in [0.15, 0.2) is 42.5 Å². The van der Waals surface area contributed by atoms with Gasteiger partial charge in [0.25, 0.3) is 5.91 Å². The smallest absolute Gasteiger partial charge is 0.260 e. The van der Waals surface area contributed by atoms with Crippen molar-refractivity contribution >= 4 is 32.6 Å². The van der Waals surface area contributed by atoms with Crippen LogP contribution in [0.4, 0.5) is 9.52 Å². The van der Waals surface area contributed by atoms with E-state index in [0.717, 1.165) is 17.7 Å². The molecular formula is C23H29FN3OS+. The van der Waals surface area contributed by atoms with E-state index in [9.17, 15) is 9.18 Å². The Morgan fingerprint density at radius 2 is 1.83 bits per heavy atom. The molecule has 2 aromatic carbocycles. The number of nitrogens with zero attached hydrogens (tertiary/aromatic N) is 2. The van der Waals surface area contributed by atoms with Gasteiger partial charge >= 0.3 is 0 Å². The first-order chi connectivity index (χ1) is 13.6. The third kappa shape index (κ3) is 5.19. The van der Waals surface area contributed by atoms with E-state index in [4.69, 9.17) is 0 Å². The zero-order valence-corrected chi connectivity index (χ0v) is 18.6. The molecule has 0 unspecified atom stereocenters. The van der Waals surface area contributed by atoms with E-state index in [2.05, 4.69) is 39.9 Å². The van der Waals surface area contributed by atoms with Crippen molar-refractivity contribution in [3.05, 3.63) is 59.4 Å². The minimum absolute atomic E-state index is 0.0346. The van der Waals surface area contributed by atoms with Gasteiger partial charge in [0.05, 0.1) is 30.9 Å². The number of nitrogens with one attached hydrogen (secondary N) is 1. The molecule has 154 valence electrons. The van der Waals surface area contributed by atoms with Crippen LogP contribution in [0.3, 0.4) is 0 Å². The fourth-order valence-corrected chi connectivity index (χ4v) is 4.16. The molecule has 0 atom stereocenters. The molecule has 0 aliphatic carbocycles. The van der Waals surface area contributed by atoms with E-state index in [1.807, 2.05) is 24.3 Å². The summed E-state index contributed by atoms with van der Waals surface area (Å²) in [6.45, 7) is 7.99. The van der Waals surface area contributed by atoms with Crippen LogP contribution in [-0.2, 0) is 5.41 Å². The summed E-state index contributed by atoms with van der Waals surface area (Å²) in [7, 11) is 4.19. The van der Waals surface area contributed by atoms with Gasteiger partial charge in [-0.25, -0.2) is 9.37 Å². The second-order valence-corrected chi connectivity index (χ2v) is 9.71. The van der Waals surface area contributed by atoms with Gasteiger partial charge in [0.15, 0.2) is 5.13 Å². The van der Waals surface area contributed by atoms with Gasteiger partial charge < -0.3 is 4.90 Å². The lowest BCUT2D eigenvalue weighted by molar-refractivity contribution is -0.858. The Morgan fingerprint density at radius 3 is 2.45 bits per heavy atom. The molecule has 0 bridgehead atoms. The van der Waals surface area contributed by atoms with Gasteiger partial charge in [0.1, 0.15) is 5.82 Å². The monoisotopic (exact) mass is 414 g/mol. The summed E-state index contributed by atoms with van der Waals surface area (Å²) in [6, 6.07) is 12.3. The van der Waals surface area contributed by atoms with E-state index in [1.54, 1.807) is 11.0 Å². The minimum atomic E-state index is -0.292. The number of rotatable bonds is 6. The molecule has 4 nitrogen and oxygen atoms in total. The lowest BCUT2D eigenvalue weighted by atomic mass is 9.86. The van der Waals surface area contributed by atoms with Crippen molar-refractivity contribution in [1.29, 1.82) is 0 Å². The standard InChI is InChI=1S/C23H28FN3OS/c1-23(2,3)17-9-7-16(8-10-17)21(28)27(14-6-13-26(4)5)22-25-19-12-11-18(24)15-20(19)29-22/h7-12,15H,6,13-14H2,1-5H3/p+1. The minimum Gasteiger partial charge on any atom is -0.340 e.